The molecule has 2 N–H and O–H groups in total. The van der Waals surface area contributed by atoms with Crippen LogP contribution in [0.25, 0.3) is 0 Å². The summed E-state index contributed by atoms with van der Waals surface area (Å²) in [6.45, 7) is 0.427. The summed E-state index contributed by atoms with van der Waals surface area (Å²) < 4.78 is 28.0. The number of carbonyl (C=O) groups excluding carboxylic acids is 2. The minimum absolute atomic E-state index is 0.128. The van der Waals surface area contributed by atoms with Gasteiger partial charge in [-0.05, 0) is 73.7 Å². The molecule has 1 saturated carbocycles. The number of para-hydroxylation sites is 1. The molecule has 170 valence electrons. The molecule has 1 aliphatic heterocycles. The Morgan fingerprint density at radius 2 is 1.70 bits per heavy atom. The molecule has 0 bridgehead atoms. The van der Waals surface area contributed by atoms with Crippen molar-refractivity contribution in [1.29, 1.82) is 0 Å². The Balaban J connectivity index is 1.29. The highest BCUT2D eigenvalue weighted by molar-refractivity contribution is 7.92. The van der Waals surface area contributed by atoms with Crippen LogP contribution in [0.2, 0.25) is 0 Å². The highest BCUT2D eigenvalue weighted by atomic mass is 32.2. The van der Waals surface area contributed by atoms with Gasteiger partial charge in [0, 0.05) is 18.2 Å². The van der Waals surface area contributed by atoms with E-state index >= 15 is 0 Å². The Hall–Kier alpha value is -3.17. The van der Waals surface area contributed by atoms with Gasteiger partial charge >= 0.3 is 0 Å². The molecule has 0 radical (unpaired) electrons. The van der Waals surface area contributed by atoms with Crippen molar-refractivity contribution in [2.24, 2.45) is 0 Å². The van der Waals surface area contributed by atoms with Crippen molar-refractivity contribution >= 4 is 43.9 Å². The number of nitrogens with one attached hydrogen (secondary N) is 2. The van der Waals surface area contributed by atoms with E-state index in [1.807, 2.05) is 24.3 Å². The Bertz CT molecular complexity index is 1310. The molecule has 0 unspecified atom stereocenters. The van der Waals surface area contributed by atoms with Crippen LogP contribution in [-0.2, 0) is 16.4 Å². The first-order chi connectivity index (χ1) is 15.9. The average molecular weight is 482 g/mol. The summed E-state index contributed by atoms with van der Waals surface area (Å²) in [5.41, 5.74) is 2.07. The predicted octanol–water partition coefficient (Wildman–Crippen LogP) is 4.03. The minimum atomic E-state index is -3.73. The molecule has 33 heavy (non-hydrogen) atoms. The maximum atomic E-state index is 13.3. The number of nitrogens with zero attached hydrogens (tertiary/aromatic N) is 1. The number of hydrogen-bond donors (Lipinski definition) is 2. The lowest BCUT2D eigenvalue weighted by Gasteiger charge is -2.30. The Morgan fingerprint density at radius 1 is 0.939 bits per heavy atom. The number of aryl methyl sites for hydroxylation is 1. The summed E-state index contributed by atoms with van der Waals surface area (Å²) in [5.74, 6) is -0.491. The van der Waals surface area contributed by atoms with Gasteiger partial charge in [0.1, 0.15) is 0 Å². The molecule has 1 aliphatic carbocycles. The van der Waals surface area contributed by atoms with Gasteiger partial charge in [-0.15, -0.1) is 11.3 Å². The molecule has 1 fully saturated rings. The van der Waals surface area contributed by atoms with Crippen molar-refractivity contribution in [2.75, 3.05) is 16.2 Å². The number of sulfonamides is 1. The van der Waals surface area contributed by atoms with Crippen LogP contribution in [0, 0.1) is 0 Å². The van der Waals surface area contributed by atoms with Crippen LogP contribution in [0.5, 0.6) is 0 Å². The van der Waals surface area contributed by atoms with E-state index in [1.165, 1.54) is 39.9 Å². The van der Waals surface area contributed by atoms with E-state index in [0.29, 0.717) is 27.7 Å². The first kappa shape index (κ1) is 21.7. The third-order valence-electron chi connectivity index (χ3n) is 5.75. The van der Waals surface area contributed by atoms with E-state index in [1.54, 1.807) is 12.1 Å². The smallest absolute Gasteiger partial charge is 0.264 e. The van der Waals surface area contributed by atoms with E-state index in [4.69, 9.17) is 0 Å². The van der Waals surface area contributed by atoms with Crippen LogP contribution in [0.3, 0.4) is 0 Å². The van der Waals surface area contributed by atoms with Crippen LogP contribution >= 0.6 is 11.3 Å². The normalized spacial score (nSPS) is 15.6. The van der Waals surface area contributed by atoms with Gasteiger partial charge in [0.2, 0.25) is 0 Å². The van der Waals surface area contributed by atoms with Gasteiger partial charge in [-0.2, -0.15) is 0 Å². The highest BCUT2D eigenvalue weighted by Gasteiger charge is 2.29. The van der Waals surface area contributed by atoms with Crippen LogP contribution in [-0.4, -0.2) is 32.8 Å². The number of carbonyl (C=O) groups is 2. The lowest BCUT2D eigenvalue weighted by atomic mass is 10.0. The number of amides is 2. The average Bonchev–Trinajstić information content (AvgIpc) is 3.52. The largest absolute Gasteiger partial charge is 0.349 e. The monoisotopic (exact) mass is 481 g/mol. The summed E-state index contributed by atoms with van der Waals surface area (Å²) >= 11 is 1.21. The second-order valence-electron chi connectivity index (χ2n) is 8.20. The van der Waals surface area contributed by atoms with E-state index in [9.17, 15) is 18.0 Å². The van der Waals surface area contributed by atoms with Gasteiger partial charge < -0.3 is 10.6 Å². The van der Waals surface area contributed by atoms with E-state index in [2.05, 4.69) is 10.6 Å². The fraction of sp³-hybridized carbons (Fsp3) is 0.250. The maximum absolute atomic E-state index is 13.3. The molecule has 2 aromatic carbocycles. The van der Waals surface area contributed by atoms with Crippen molar-refractivity contribution in [1.82, 2.24) is 5.32 Å². The maximum Gasteiger partial charge on any atom is 0.264 e. The minimum Gasteiger partial charge on any atom is -0.349 e. The van der Waals surface area contributed by atoms with Gasteiger partial charge in [0.05, 0.1) is 20.5 Å². The van der Waals surface area contributed by atoms with Gasteiger partial charge in [-0.1, -0.05) is 18.2 Å². The highest BCUT2D eigenvalue weighted by Crippen LogP contribution is 2.32. The van der Waals surface area contributed by atoms with Crippen molar-refractivity contribution in [2.45, 2.75) is 36.6 Å². The van der Waals surface area contributed by atoms with Crippen molar-refractivity contribution in [3.8, 4) is 0 Å². The molecule has 3 aromatic rings. The predicted molar refractivity (Wildman–Crippen MR) is 128 cm³/mol. The van der Waals surface area contributed by atoms with Gasteiger partial charge in [0.25, 0.3) is 21.8 Å². The number of thiophene rings is 1. The van der Waals surface area contributed by atoms with Crippen molar-refractivity contribution in [3.05, 3.63) is 76.7 Å². The van der Waals surface area contributed by atoms with Gasteiger partial charge in [-0.25, -0.2) is 8.42 Å². The second kappa shape index (κ2) is 8.64. The van der Waals surface area contributed by atoms with Gasteiger partial charge in [0.15, 0.2) is 0 Å². The van der Waals surface area contributed by atoms with Crippen LogP contribution in [0.1, 0.15) is 44.9 Å². The van der Waals surface area contributed by atoms with Crippen LogP contribution in [0.15, 0.2) is 65.6 Å². The zero-order chi connectivity index (χ0) is 23.0. The third kappa shape index (κ3) is 4.51. The molecule has 0 atom stereocenters. The number of rotatable bonds is 6. The summed E-state index contributed by atoms with van der Waals surface area (Å²) in [4.78, 5) is 25.5. The molecular weight excluding hydrogens is 458 g/mol. The summed E-state index contributed by atoms with van der Waals surface area (Å²) in [5, 5.41) is 6.25. The summed E-state index contributed by atoms with van der Waals surface area (Å²) in [6, 6.07) is 17.1. The fourth-order valence-corrected chi connectivity index (χ4v) is 6.20. The molecule has 5 rings (SSSR count). The Morgan fingerprint density at radius 3 is 2.45 bits per heavy atom. The van der Waals surface area contributed by atoms with E-state index in [0.717, 1.165) is 31.2 Å². The first-order valence-corrected chi connectivity index (χ1v) is 13.1. The Labute approximate surface area is 196 Å². The van der Waals surface area contributed by atoms with E-state index in [-0.39, 0.29) is 22.8 Å². The lowest BCUT2D eigenvalue weighted by Crippen LogP contribution is -2.35. The molecule has 2 aliphatic rings. The molecule has 1 aromatic heterocycles. The number of fused-ring (bicyclic) bond motifs is 1. The molecule has 9 heteroatoms. The molecule has 0 spiro atoms. The first-order valence-electron chi connectivity index (χ1n) is 10.8. The number of hydrogen-bond acceptors (Lipinski definition) is 5. The molecule has 2 amide bonds. The topological polar surface area (TPSA) is 95.6 Å². The van der Waals surface area contributed by atoms with Crippen LogP contribution < -0.4 is 14.9 Å². The van der Waals surface area contributed by atoms with Gasteiger partial charge in [-0.3, -0.25) is 13.9 Å². The molecule has 0 saturated heterocycles. The van der Waals surface area contributed by atoms with Crippen molar-refractivity contribution in [3.63, 3.8) is 0 Å². The molecule has 2 heterocycles. The number of anilines is 2. The summed E-state index contributed by atoms with van der Waals surface area (Å²) in [6.07, 6.45) is 3.64. The van der Waals surface area contributed by atoms with E-state index < -0.39 is 10.0 Å². The van der Waals surface area contributed by atoms with Crippen molar-refractivity contribution < 1.29 is 18.0 Å². The Kier molecular flexibility index (Phi) is 5.67. The fourth-order valence-electron chi connectivity index (χ4n) is 3.85. The number of benzene rings is 2. The lowest BCUT2D eigenvalue weighted by molar-refractivity contribution is 0.0954. The third-order valence-corrected chi connectivity index (χ3v) is 8.58. The summed E-state index contributed by atoms with van der Waals surface area (Å²) in [7, 11) is -3.73. The molecule has 7 nitrogen and oxygen atoms in total. The zero-order valence-electron chi connectivity index (χ0n) is 17.8. The van der Waals surface area contributed by atoms with Crippen LogP contribution in [0.4, 0.5) is 10.7 Å². The SMILES string of the molecule is O=C(Nc1ccc(C(=O)NC2CC2)s1)c1ccc(S(=O)(=O)N2CCCc3ccccc32)cc1. The molecular formula is C24H23N3O4S2. The standard InChI is InChI=1S/C24H23N3O4S2/c28-23(26-22-14-13-21(32-22)24(29)25-18-9-10-18)17-7-11-19(12-8-17)33(30,31)27-15-3-5-16-4-1-2-6-20(16)27/h1-2,4,6-8,11-14,18H,3,5,9-10,15H2,(H,25,29)(H,26,28). The second-order valence-corrected chi connectivity index (χ2v) is 11.1. The quantitative estimate of drug-likeness (QED) is 0.556. The zero-order valence-corrected chi connectivity index (χ0v) is 19.4.